The van der Waals surface area contributed by atoms with Crippen LogP contribution in [-0.2, 0) is 0 Å². The van der Waals surface area contributed by atoms with Crippen molar-refractivity contribution < 1.29 is 0 Å². The number of benzene rings is 1. The number of hydrogen-bond donors (Lipinski definition) is 2. The van der Waals surface area contributed by atoms with E-state index in [9.17, 15) is 0 Å². The third-order valence-electron chi connectivity index (χ3n) is 2.58. The number of rotatable bonds is 2. The normalized spacial score (nSPS) is 10.3. The van der Waals surface area contributed by atoms with Crippen LogP contribution in [0.15, 0.2) is 24.5 Å². The molecule has 4 nitrogen and oxygen atoms in total. The van der Waals surface area contributed by atoms with Crippen LogP contribution in [0.4, 0.5) is 17.3 Å². The molecule has 0 saturated carbocycles. The zero-order valence-corrected chi connectivity index (χ0v) is 10.3. The summed E-state index contributed by atoms with van der Waals surface area (Å²) >= 11 is 0. The highest BCUT2D eigenvalue weighted by Gasteiger charge is 2.05. The molecule has 0 amide bonds. The number of nitrogens with two attached hydrogens (primary N) is 1. The second-order valence-electron chi connectivity index (χ2n) is 4.23. The summed E-state index contributed by atoms with van der Waals surface area (Å²) in [5.74, 6) is 1.08. The molecule has 0 spiro atoms. The maximum Gasteiger partial charge on any atom is 0.151 e. The fraction of sp³-hybridized carbons (Fsp3) is 0.231. The van der Waals surface area contributed by atoms with E-state index in [1.54, 1.807) is 6.20 Å². The zero-order valence-electron chi connectivity index (χ0n) is 10.3. The van der Waals surface area contributed by atoms with Crippen molar-refractivity contribution in [2.24, 2.45) is 0 Å². The van der Waals surface area contributed by atoms with Gasteiger partial charge in [-0.3, -0.25) is 4.98 Å². The number of hydrogen-bond acceptors (Lipinski definition) is 4. The highest BCUT2D eigenvalue weighted by molar-refractivity contribution is 5.65. The first kappa shape index (κ1) is 11.4. The summed E-state index contributed by atoms with van der Waals surface area (Å²) in [4.78, 5) is 8.18. The van der Waals surface area contributed by atoms with Gasteiger partial charge in [-0.1, -0.05) is 17.7 Å². The Hall–Kier alpha value is -2.10. The summed E-state index contributed by atoms with van der Waals surface area (Å²) in [5.41, 5.74) is 10.3. The van der Waals surface area contributed by atoms with Crippen molar-refractivity contribution in [1.29, 1.82) is 0 Å². The van der Waals surface area contributed by atoms with Crippen LogP contribution in [-0.4, -0.2) is 9.97 Å². The molecule has 0 aliphatic carbocycles. The highest BCUT2D eigenvalue weighted by Crippen LogP contribution is 2.24. The monoisotopic (exact) mass is 228 g/mol. The van der Waals surface area contributed by atoms with Crippen LogP contribution >= 0.6 is 0 Å². The van der Waals surface area contributed by atoms with Gasteiger partial charge in [0, 0.05) is 5.69 Å². The van der Waals surface area contributed by atoms with Gasteiger partial charge in [-0.15, -0.1) is 0 Å². The van der Waals surface area contributed by atoms with Crippen LogP contribution in [0.1, 0.15) is 16.7 Å². The Morgan fingerprint density at radius 1 is 1.06 bits per heavy atom. The van der Waals surface area contributed by atoms with E-state index in [4.69, 9.17) is 5.73 Å². The largest absolute Gasteiger partial charge is 0.382 e. The lowest BCUT2D eigenvalue weighted by atomic mass is 10.1. The number of aromatic nitrogens is 2. The number of nitrogens with one attached hydrogen (secondary N) is 1. The summed E-state index contributed by atoms with van der Waals surface area (Å²) in [7, 11) is 0. The molecule has 17 heavy (non-hydrogen) atoms. The van der Waals surface area contributed by atoms with E-state index in [0.29, 0.717) is 11.6 Å². The van der Waals surface area contributed by atoms with Crippen molar-refractivity contribution in [3.05, 3.63) is 41.2 Å². The first-order valence-electron chi connectivity index (χ1n) is 5.48. The quantitative estimate of drug-likeness (QED) is 0.829. The van der Waals surface area contributed by atoms with Crippen molar-refractivity contribution in [3.8, 4) is 0 Å². The molecule has 1 heterocycles. The van der Waals surface area contributed by atoms with E-state index in [-0.39, 0.29) is 0 Å². The number of aryl methyl sites for hydroxylation is 3. The molecule has 0 radical (unpaired) electrons. The maximum atomic E-state index is 5.60. The molecule has 0 atom stereocenters. The molecule has 1 aromatic carbocycles. The Bertz CT molecular complexity index is 526. The van der Waals surface area contributed by atoms with Gasteiger partial charge in [-0.25, -0.2) is 4.98 Å². The van der Waals surface area contributed by atoms with Crippen LogP contribution in [0.2, 0.25) is 0 Å². The molecule has 2 aromatic rings. The molecule has 0 aliphatic rings. The Balaban J connectivity index is 2.36. The highest BCUT2D eigenvalue weighted by atomic mass is 15.0. The summed E-state index contributed by atoms with van der Waals surface area (Å²) in [6.07, 6.45) is 3.19. The van der Waals surface area contributed by atoms with Gasteiger partial charge in [0.2, 0.25) is 0 Å². The number of anilines is 3. The minimum Gasteiger partial charge on any atom is -0.382 e. The second kappa shape index (κ2) is 4.41. The molecule has 88 valence electrons. The maximum absolute atomic E-state index is 5.60. The lowest BCUT2D eigenvalue weighted by Crippen LogP contribution is -2.01. The molecule has 2 rings (SSSR count). The van der Waals surface area contributed by atoms with E-state index >= 15 is 0 Å². The Kier molecular flexibility index (Phi) is 2.95. The molecule has 0 aliphatic heterocycles. The van der Waals surface area contributed by atoms with E-state index in [2.05, 4.69) is 48.2 Å². The smallest absolute Gasteiger partial charge is 0.151 e. The molecular weight excluding hydrogens is 212 g/mol. The van der Waals surface area contributed by atoms with Crippen molar-refractivity contribution >= 4 is 17.3 Å². The first-order chi connectivity index (χ1) is 8.06. The predicted molar refractivity (Wildman–Crippen MR) is 70.4 cm³/mol. The van der Waals surface area contributed by atoms with Gasteiger partial charge in [-0.2, -0.15) is 0 Å². The SMILES string of the molecule is Cc1cc(C)c(Nc2cncc(N)n2)c(C)c1. The number of nitrogen functional groups attached to an aromatic ring is 1. The topological polar surface area (TPSA) is 63.8 Å². The van der Waals surface area contributed by atoms with E-state index in [1.807, 2.05) is 0 Å². The van der Waals surface area contributed by atoms with E-state index in [0.717, 1.165) is 5.69 Å². The minimum absolute atomic E-state index is 0.414. The van der Waals surface area contributed by atoms with Gasteiger partial charge >= 0.3 is 0 Å². The Morgan fingerprint density at radius 2 is 1.71 bits per heavy atom. The Morgan fingerprint density at radius 3 is 2.29 bits per heavy atom. The fourth-order valence-corrected chi connectivity index (χ4v) is 1.95. The average molecular weight is 228 g/mol. The zero-order chi connectivity index (χ0) is 12.4. The van der Waals surface area contributed by atoms with Crippen molar-refractivity contribution in [2.45, 2.75) is 20.8 Å². The summed E-state index contributed by atoms with van der Waals surface area (Å²) < 4.78 is 0. The summed E-state index contributed by atoms with van der Waals surface area (Å²) in [6, 6.07) is 4.27. The van der Waals surface area contributed by atoms with Gasteiger partial charge in [-0.05, 0) is 31.9 Å². The standard InChI is InChI=1S/C13H16N4/c1-8-4-9(2)13(10(3)5-8)17-12-7-15-6-11(14)16-12/h4-7H,1-3H3,(H3,14,16,17). The van der Waals surface area contributed by atoms with E-state index < -0.39 is 0 Å². The molecule has 4 heteroatoms. The molecule has 0 unspecified atom stereocenters. The van der Waals surface area contributed by atoms with Gasteiger partial charge in [0.1, 0.15) is 5.82 Å². The van der Waals surface area contributed by atoms with Crippen LogP contribution in [0, 0.1) is 20.8 Å². The molecule has 3 N–H and O–H groups in total. The number of nitrogens with zero attached hydrogens (tertiary/aromatic N) is 2. The first-order valence-corrected chi connectivity index (χ1v) is 5.48. The third kappa shape index (κ3) is 2.53. The van der Waals surface area contributed by atoms with Crippen molar-refractivity contribution in [1.82, 2.24) is 9.97 Å². The lowest BCUT2D eigenvalue weighted by Gasteiger charge is -2.13. The summed E-state index contributed by atoms with van der Waals surface area (Å²) in [6.45, 7) is 6.23. The van der Waals surface area contributed by atoms with Crippen LogP contribution in [0.5, 0.6) is 0 Å². The Labute approximate surface area is 101 Å². The van der Waals surface area contributed by atoms with Crippen LogP contribution < -0.4 is 11.1 Å². The fourth-order valence-electron chi connectivity index (χ4n) is 1.95. The average Bonchev–Trinajstić information content (AvgIpc) is 2.23. The molecular formula is C13H16N4. The van der Waals surface area contributed by atoms with Crippen molar-refractivity contribution in [3.63, 3.8) is 0 Å². The second-order valence-corrected chi connectivity index (χ2v) is 4.23. The molecule has 0 saturated heterocycles. The van der Waals surface area contributed by atoms with Gasteiger partial charge < -0.3 is 11.1 Å². The van der Waals surface area contributed by atoms with Gasteiger partial charge in [0.05, 0.1) is 12.4 Å². The van der Waals surface area contributed by atoms with Crippen molar-refractivity contribution in [2.75, 3.05) is 11.1 Å². The summed E-state index contributed by atoms with van der Waals surface area (Å²) in [5, 5.41) is 3.25. The minimum atomic E-state index is 0.414. The van der Waals surface area contributed by atoms with E-state index in [1.165, 1.54) is 22.9 Å². The third-order valence-corrected chi connectivity index (χ3v) is 2.58. The molecule has 0 fully saturated rings. The van der Waals surface area contributed by atoms with Crippen LogP contribution in [0.3, 0.4) is 0 Å². The van der Waals surface area contributed by atoms with Crippen LogP contribution in [0.25, 0.3) is 0 Å². The van der Waals surface area contributed by atoms with Gasteiger partial charge in [0.15, 0.2) is 5.82 Å². The predicted octanol–water partition coefficient (Wildman–Crippen LogP) is 2.73. The molecule has 1 aromatic heterocycles. The van der Waals surface area contributed by atoms with Gasteiger partial charge in [0.25, 0.3) is 0 Å². The lowest BCUT2D eigenvalue weighted by molar-refractivity contribution is 1.20. The molecule has 0 bridgehead atoms.